The maximum absolute atomic E-state index is 11.9. The van der Waals surface area contributed by atoms with Crippen molar-refractivity contribution in [1.29, 1.82) is 0 Å². The molecule has 0 radical (unpaired) electrons. The molecule has 0 saturated heterocycles. The third-order valence-corrected chi connectivity index (χ3v) is 3.64. The Morgan fingerprint density at radius 1 is 1.05 bits per heavy atom. The van der Waals surface area contributed by atoms with E-state index in [4.69, 9.17) is 4.74 Å². The van der Waals surface area contributed by atoms with Crippen LogP contribution in [0.25, 0.3) is 0 Å². The van der Waals surface area contributed by atoms with Gasteiger partial charge in [-0.15, -0.1) is 0 Å². The second kappa shape index (κ2) is 6.94. The topological polar surface area (TPSA) is 38.3 Å². The van der Waals surface area contributed by atoms with Gasteiger partial charge >= 0.3 is 6.09 Å². The van der Waals surface area contributed by atoms with Crippen LogP contribution in [-0.2, 0) is 10.3 Å². The number of alkyl carbamates (subject to hydrolysis) is 1. The normalized spacial score (nSPS) is 13.6. The highest BCUT2D eigenvalue weighted by atomic mass is 16.5. The van der Waals surface area contributed by atoms with E-state index in [2.05, 4.69) is 5.32 Å². The summed E-state index contributed by atoms with van der Waals surface area (Å²) in [7, 11) is 1.37. The quantitative estimate of drug-likeness (QED) is 0.860. The second-order valence-electron chi connectivity index (χ2n) is 5.16. The number of carbonyl (C=O) groups excluding carboxylic acids is 1. The van der Waals surface area contributed by atoms with E-state index in [-0.39, 0.29) is 0 Å². The molecule has 114 valence electrons. The first kappa shape index (κ1) is 15.8. The van der Waals surface area contributed by atoms with E-state index in [0.29, 0.717) is 0 Å². The Labute approximate surface area is 131 Å². The van der Waals surface area contributed by atoms with E-state index in [0.717, 1.165) is 11.1 Å². The smallest absolute Gasteiger partial charge is 0.408 e. The zero-order valence-corrected chi connectivity index (χ0v) is 13.2. The number of amides is 1. The van der Waals surface area contributed by atoms with E-state index < -0.39 is 11.6 Å². The molecule has 0 heterocycles. The fourth-order valence-corrected chi connectivity index (χ4v) is 2.52. The van der Waals surface area contributed by atoms with Crippen LogP contribution >= 0.6 is 0 Å². The molecule has 3 nitrogen and oxygen atoms in total. The molecule has 0 spiro atoms. The maximum atomic E-state index is 11.9. The molecule has 0 aliphatic rings. The highest BCUT2D eigenvalue weighted by Gasteiger charge is 2.33. The second-order valence-corrected chi connectivity index (χ2v) is 5.16. The molecule has 22 heavy (non-hydrogen) atoms. The molecule has 1 amide bonds. The summed E-state index contributed by atoms with van der Waals surface area (Å²) in [5.41, 5.74) is 2.37. The Hall–Kier alpha value is -2.55. The Bertz CT molecular complexity index is 647. The van der Waals surface area contributed by atoms with Crippen LogP contribution in [0.2, 0.25) is 0 Å². The molecule has 2 aromatic carbocycles. The van der Waals surface area contributed by atoms with Crippen molar-refractivity contribution in [2.75, 3.05) is 7.11 Å². The lowest BCUT2D eigenvalue weighted by molar-refractivity contribution is 0.164. The van der Waals surface area contributed by atoms with Gasteiger partial charge in [-0.1, -0.05) is 72.3 Å². The van der Waals surface area contributed by atoms with Crippen LogP contribution in [0.3, 0.4) is 0 Å². The van der Waals surface area contributed by atoms with Crippen molar-refractivity contribution in [2.24, 2.45) is 0 Å². The van der Waals surface area contributed by atoms with Crippen molar-refractivity contribution in [3.05, 3.63) is 83.4 Å². The minimum atomic E-state index is -0.753. The van der Waals surface area contributed by atoms with Gasteiger partial charge < -0.3 is 10.1 Å². The van der Waals surface area contributed by atoms with E-state index in [1.165, 1.54) is 12.7 Å². The summed E-state index contributed by atoms with van der Waals surface area (Å²) in [6.45, 7) is 3.97. The fourth-order valence-electron chi connectivity index (χ4n) is 2.52. The van der Waals surface area contributed by atoms with Crippen molar-refractivity contribution in [1.82, 2.24) is 5.32 Å². The average molecular weight is 295 g/mol. The zero-order chi connectivity index (χ0) is 16.0. The number of benzene rings is 2. The number of nitrogens with one attached hydrogen (secondary N) is 1. The highest BCUT2D eigenvalue weighted by molar-refractivity contribution is 5.70. The van der Waals surface area contributed by atoms with E-state index in [1.807, 2.05) is 80.6 Å². The van der Waals surface area contributed by atoms with Crippen LogP contribution in [0.15, 0.2) is 66.7 Å². The maximum Gasteiger partial charge on any atom is 0.408 e. The SMILES string of the molecule is C/C=C/[C@](NC(=O)OC)(c1ccccc1)c1ccc(C)cc1. The molecule has 3 heteroatoms. The summed E-state index contributed by atoms with van der Waals surface area (Å²) in [4.78, 5) is 11.9. The third kappa shape index (κ3) is 3.19. The number of allylic oxidation sites excluding steroid dienone is 1. The molecule has 0 fully saturated rings. The number of rotatable bonds is 4. The minimum absolute atomic E-state index is 0.470. The predicted octanol–water partition coefficient (Wildman–Crippen LogP) is 4.17. The molecule has 1 N–H and O–H groups in total. The number of aryl methyl sites for hydroxylation is 1. The zero-order valence-electron chi connectivity index (χ0n) is 13.2. The van der Waals surface area contributed by atoms with Gasteiger partial charge in [0.1, 0.15) is 5.54 Å². The largest absolute Gasteiger partial charge is 0.453 e. The number of methoxy groups -OCH3 is 1. The molecule has 1 atom stereocenters. The summed E-state index contributed by atoms with van der Waals surface area (Å²) in [5, 5.41) is 2.99. The van der Waals surface area contributed by atoms with Gasteiger partial charge in [0.2, 0.25) is 0 Å². The Morgan fingerprint density at radius 2 is 1.64 bits per heavy atom. The summed E-state index contributed by atoms with van der Waals surface area (Å²) in [6, 6.07) is 18.0. The number of hydrogen-bond acceptors (Lipinski definition) is 2. The average Bonchev–Trinajstić information content (AvgIpc) is 2.55. The Balaban J connectivity index is 2.64. The van der Waals surface area contributed by atoms with Gasteiger partial charge in [0, 0.05) is 0 Å². The monoisotopic (exact) mass is 295 g/mol. The molecular weight excluding hydrogens is 274 g/mol. The van der Waals surface area contributed by atoms with Crippen LogP contribution in [-0.4, -0.2) is 13.2 Å². The minimum Gasteiger partial charge on any atom is -0.453 e. The molecule has 0 bridgehead atoms. The van der Waals surface area contributed by atoms with Crippen molar-refractivity contribution in [2.45, 2.75) is 19.4 Å². The first-order valence-electron chi connectivity index (χ1n) is 7.25. The predicted molar refractivity (Wildman–Crippen MR) is 88.8 cm³/mol. The lowest BCUT2D eigenvalue weighted by Gasteiger charge is -2.32. The molecule has 2 rings (SSSR count). The molecular formula is C19H21NO2. The van der Waals surface area contributed by atoms with Gasteiger partial charge in [-0.25, -0.2) is 4.79 Å². The van der Waals surface area contributed by atoms with Crippen molar-refractivity contribution < 1.29 is 9.53 Å². The van der Waals surface area contributed by atoms with Crippen molar-refractivity contribution in [3.8, 4) is 0 Å². The first-order chi connectivity index (χ1) is 10.6. The Kier molecular flexibility index (Phi) is 4.99. The summed E-state index contributed by atoms with van der Waals surface area (Å²) in [5.74, 6) is 0. The van der Waals surface area contributed by atoms with Gasteiger partial charge in [-0.2, -0.15) is 0 Å². The summed E-state index contributed by atoms with van der Waals surface area (Å²) < 4.78 is 4.83. The molecule has 0 aliphatic carbocycles. The van der Waals surface area contributed by atoms with E-state index in [1.54, 1.807) is 0 Å². The summed E-state index contributed by atoms with van der Waals surface area (Å²) in [6.07, 6.45) is 3.44. The van der Waals surface area contributed by atoms with Crippen LogP contribution in [0.5, 0.6) is 0 Å². The summed E-state index contributed by atoms with van der Waals surface area (Å²) >= 11 is 0. The van der Waals surface area contributed by atoms with Crippen LogP contribution in [0, 0.1) is 6.92 Å². The van der Waals surface area contributed by atoms with Gasteiger partial charge in [-0.05, 0) is 25.0 Å². The number of ether oxygens (including phenoxy) is 1. The molecule has 0 saturated carbocycles. The van der Waals surface area contributed by atoms with Crippen LogP contribution in [0.4, 0.5) is 4.79 Å². The van der Waals surface area contributed by atoms with Gasteiger partial charge in [0.25, 0.3) is 0 Å². The van der Waals surface area contributed by atoms with Gasteiger partial charge in [-0.3, -0.25) is 0 Å². The molecule has 0 aliphatic heterocycles. The standard InChI is InChI=1S/C19H21NO2/c1-4-14-19(20-18(21)22-3,16-8-6-5-7-9-16)17-12-10-15(2)11-13-17/h4-14H,1-3H3,(H,20,21)/b14-4+/t19-/m0/s1. The Morgan fingerprint density at radius 3 is 2.18 bits per heavy atom. The number of hydrogen-bond donors (Lipinski definition) is 1. The van der Waals surface area contributed by atoms with E-state index in [9.17, 15) is 4.79 Å². The molecule has 0 aromatic heterocycles. The number of carbonyl (C=O) groups is 1. The van der Waals surface area contributed by atoms with Crippen molar-refractivity contribution in [3.63, 3.8) is 0 Å². The highest BCUT2D eigenvalue weighted by Crippen LogP contribution is 2.31. The lowest BCUT2D eigenvalue weighted by atomic mass is 9.82. The van der Waals surface area contributed by atoms with E-state index >= 15 is 0 Å². The molecule has 0 unspecified atom stereocenters. The van der Waals surface area contributed by atoms with Crippen LogP contribution < -0.4 is 5.32 Å². The fraction of sp³-hybridized carbons (Fsp3) is 0.211. The van der Waals surface area contributed by atoms with Crippen LogP contribution in [0.1, 0.15) is 23.6 Å². The van der Waals surface area contributed by atoms with Gasteiger partial charge in [0.05, 0.1) is 7.11 Å². The van der Waals surface area contributed by atoms with Gasteiger partial charge in [0.15, 0.2) is 0 Å². The first-order valence-corrected chi connectivity index (χ1v) is 7.25. The third-order valence-electron chi connectivity index (χ3n) is 3.64. The molecule has 2 aromatic rings. The lowest BCUT2D eigenvalue weighted by Crippen LogP contribution is -2.45. The van der Waals surface area contributed by atoms with Crippen molar-refractivity contribution >= 4 is 6.09 Å².